The van der Waals surface area contributed by atoms with Crippen molar-refractivity contribution in [2.45, 2.75) is 50.7 Å². The Balaban J connectivity index is 1.64. The molecule has 2 fully saturated rings. The van der Waals surface area contributed by atoms with Gasteiger partial charge in [-0.3, -0.25) is 4.90 Å². The fraction of sp³-hybridized carbons (Fsp3) is 0.556. The molecule has 1 N–H and O–H groups in total. The van der Waals surface area contributed by atoms with Crippen molar-refractivity contribution >= 4 is 5.57 Å². The first-order chi connectivity index (χ1) is 9.76. The smallest absolute Gasteiger partial charge is 0.0236 e. The van der Waals surface area contributed by atoms with E-state index in [0.29, 0.717) is 0 Å². The van der Waals surface area contributed by atoms with E-state index >= 15 is 0 Å². The Labute approximate surface area is 122 Å². The average Bonchev–Trinajstić information content (AvgIpc) is 2.83. The lowest BCUT2D eigenvalue weighted by Crippen LogP contribution is -2.48. The fourth-order valence-electron chi connectivity index (χ4n) is 3.83. The standard InChI is InChI=1S/C18H26N2/c1-3-20(13-14(2)15-7-5-4-6-8-15)18-11-16-9-10-17(12-18)19-16/h4-8,16-19H,2-3,9-13H2,1H3. The first-order valence-corrected chi connectivity index (χ1v) is 7.99. The highest BCUT2D eigenvalue weighted by molar-refractivity contribution is 5.64. The van der Waals surface area contributed by atoms with Crippen molar-refractivity contribution in [1.82, 2.24) is 10.2 Å². The van der Waals surface area contributed by atoms with Crippen molar-refractivity contribution in [3.63, 3.8) is 0 Å². The van der Waals surface area contributed by atoms with E-state index in [4.69, 9.17) is 0 Å². The summed E-state index contributed by atoms with van der Waals surface area (Å²) in [5.74, 6) is 0. The Hall–Kier alpha value is -1.12. The highest BCUT2D eigenvalue weighted by Gasteiger charge is 2.35. The predicted octanol–water partition coefficient (Wildman–Crippen LogP) is 3.30. The lowest BCUT2D eigenvalue weighted by molar-refractivity contribution is 0.165. The van der Waals surface area contributed by atoms with Gasteiger partial charge in [-0.05, 0) is 43.4 Å². The molecule has 0 aliphatic carbocycles. The topological polar surface area (TPSA) is 15.3 Å². The molecule has 0 radical (unpaired) electrons. The van der Waals surface area contributed by atoms with Crippen molar-refractivity contribution in [1.29, 1.82) is 0 Å². The predicted molar refractivity (Wildman–Crippen MR) is 85.7 cm³/mol. The fourth-order valence-corrected chi connectivity index (χ4v) is 3.83. The third-order valence-corrected chi connectivity index (χ3v) is 4.95. The number of benzene rings is 1. The molecule has 0 spiro atoms. The lowest BCUT2D eigenvalue weighted by Gasteiger charge is -2.37. The number of nitrogens with one attached hydrogen (secondary N) is 1. The normalized spacial score (nSPS) is 28.8. The van der Waals surface area contributed by atoms with E-state index in [9.17, 15) is 0 Å². The SMILES string of the molecule is C=C(CN(CC)C1CC2CCC(C1)N2)c1ccccc1. The van der Waals surface area contributed by atoms with Crippen molar-refractivity contribution in [3.05, 3.63) is 42.5 Å². The molecule has 108 valence electrons. The molecule has 1 aromatic carbocycles. The van der Waals surface area contributed by atoms with Gasteiger partial charge < -0.3 is 5.32 Å². The van der Waals surface area contributed by atoms with Crippen LogP contribution >= 0.6 is 0 Å². The Morgan fingerprint density at radius 3 is 2.45 bits per heavy atom. The molecule has 0 aromatic heterocycles. The highest BCUT2D eigenvalue weighted by Crippen LogP contribution is 2.30. The van der Waals surface area contributed by atoms with E-state index < -0.39 is 0 Å². The van der Waals surface area contributed by atoms with E-state index in [1.165, 1.54) is 36.8 Å². The monoisotopic (exact) mass is 270 g/mol. The van der Waals surface area contributed by atoms with Crippen molar-refractivity contribution < 1.29 is 0 Å². The molecule has 2 atom stereocenters. The summed E-state index contributed by atoms with van der Waals surface area (Å²) in [5, 5.41) is 3.74. The maximum Gasteiger partial charge on any atom is 0.0236 e. The molecule has 2 heterocycles. The van der Waals surface area contributed by atoms with Crippen LogP contribution in [0.15, 0.2) is 36.9 Å². The minimum absolute atomic E-state index is 0.735. The Morgan fingerprint density at radius 2 is 1.85 bits per heavy atom. The number of nitrogens with zero attached hydrogens (tertiary/aromatic N) is 1. The zero-order valence-electron chi connectivity index (χ0n) is 12.5. The quantitative estimate of drug-likeness (QED) is 0.883. The number of likely N-dealkylation sites (N-methyl/N-ethyl adjacent to an activating group) is 1. The lowest BCUT2D eigenvalue weighted by atomic mass is 9.97. The van der Waals surface area contributed by atoms with Gasteiger partial charge in [-0.1, -0.05) is 43.8 Å². The minimum Gasteiger partial charge on any atom is -0.311 e. The summed E-state index contributed by atoms with van der Waals surface area (Å²) >= 11 is 0. The van der Waals surface area contributed by atoms with E-state index in [1.807, 2.05) is 0 Å². The summed E-state index contributed by atoms with van der Waals surface area (Å²) in [7, 11) is 0. The molecule has 1 aromatic rings. The summed E-state index contributed by atoms with van der Waals surface area (Å²) < 4.78 is 0. The number of fused-ring (bicyclic) bond motifs is 2. The third-order valence-electron chi connectivity index (χ3n) is 4.95. The molecule has 2 heteroatoms. The number of rotatable bonds is 5. The molecule has 2 aliphatic heterocycles. The van der Waals surface area contributed by atoms with Gasteiger partial charge in [-0.25, -0.2) is 0 Å². The zero-order valence-corrected chi connectivity index (χ0v) is 12.5. The Kier molecular flexibility index (Phi) is 4.23. The summed E-state index contributed by atoms with van der Waals surface area (Å²) in [5.41, 5.74) is 2.53. The van der Waals surface area contributed by atoms with Crippen molar-refractivity contribution in [3.8, 4) is 0 Å². The van der Waals surface area contributed by atoms with Gasteiger partial charge in [0.2, 0.25) is 0 Å². The summed E-state index contributed by atoms with van der Waals surface area (Å²) in [4.78, 5) is 2.63. The average molecular weight is 270 g/mol. The van der Waals surface area contributed by atoms with Crippen LogP contribution in [0.4, 0.5) is 0 Å². The first-order valence-electron chi connectivity index (χ1n) is 7.99. The van der Waals surface area contributed by atoms with Crippen LogP contribution in [0.2, 0.25) is 0 Å². The van der Waals surface area contributed by atoms with Crippen LogP contribution in [0, 0.1) is 0 Å². The van der Waals surface area contributed by atoms with E-state index in [0.717, 1.165) is 31.2 Å². The van der Waals surface area contributed by atoms with Gasteiger partial charge in [0.25, 0.3) is 0 Å². The van der Waals surface area contributed by atoms with Crippen LogP contribution in [0.25, 0.3) is 5.57 Å². The van der Waals surface area contributed by atoms with Crippen molar-refractivity contribution in [2.24, 2.45) is 0 Å². The van der Waals surface area contributed by atoms with Crippen LogP contribution in [-0.4, -0.2) is 36.1 Å². The molecule has 2 unspecified atom stereocenters. The molecule has 0 saturated carbocycles. The molecular weight excluding hydrogens is 244 g/mol. The Bertz CT molecular complexity index is 442. The Morgan fingerprint density at radius 1 is 1.20 bits per heavy atom. The molecule has 2 bridgehead atoms. The number of piperidine rings is 1. The van der Waals surface area contributed by atoms with Gasteiger partial charge in [0, 0.05) is 24.7 Å². The maximum atomic E-state index is 4.30. The van der Waals surface area contributed by atoms with E-state index in [2.05, 4.69) is 54.1 Å². The second-order valence-electron chi connectivity index (χ2n) is 6.30. The van der Waals surface area contributed by atoms with Gasteiger partial charge in [-0.15, -0.1) is 0 Å². The summed E-state index contributed by atoms with van der Waals surface area (Å²) in [6.45, 7) is 8.71. The largest absolute Gasteiger partial charge is 0.311 e. The van der Waals surface area contributed by atoms with Gasteiger partial charge in [0.1, 0.15) is 0 Å². The van der Waals surface area contributed by atoms with Gasteiger partial charge >= 0.3 is 0 Å². The second-order valence-corrected chi connectivity index (χ2v) is 6.30. The minimum atomic E-state index is 0.735. The maximum absolute atomic E-state index is 4.30. The van der Waals surface area contributed by atoms with Gasteiger partial charge in [0.15, 0.2) is 0 Å². The van der Waals surface area contributed by atoms with Crippen LogP contribution in [0.5, 0.6) is 0 Å². The third kappa shape index (κ3) is 2.97. The zero-order chi connectivity index (χ0) is 13.9. The highest BCUT2D eigenvalue weighted by atomic mass is 15.2. The van der Waals surface area contributed by atoms with E-state index in [1.54, 1.807) is 0 Å². The van der Waals surface area contributed by atoms with Crippen LogP contribution < -0.4 is 5.32 Å². The molecule has 2 aliphatic rings. The molecule has 0 amide bonds. The molecule has 2 saturated heterocycles. The van der Waals surface area contributed by atoms with Gasteiger partial charge in [-0.2, -0.15) is 0 Å². The van der Waals surface area contributed by atoms with Crippen molar-refractivity contribution in [2.75, 3.05) is 13.1 Å². The van der Waals surface area contributed by atoms with Crippen LogP contribution in [-0.2, 0) is 0 Å². The molecule has 3 rings (SSSR count). The molecule has 20 heavy (non-hydrogen) atoms. The van der Waals surface area contributed by atoms with Gasteiger partial charge in [0.05, 0.1) is 0 Å². The molecule has 2 nitrogen and oxygen atoms in total. The van der Waals surface area contributed by atoms with Crippen LogP contribution in [0.1, 0.15) is 38.2 Å². The molecular formula is C18H26N2. The first kappa shape index (κ1) is 13.8. The second kappa shape index (κ2) is 6.11. The van der Waals surface area contributed by atoms with Crippen LogP contribution in [0.3, 0.4) is 0 Å². The number of hydrogen-bond acceptors (Lipinski definition) is 2. The van der Waals surface area contributed by atoms with E-state index in [-0.39, 0.29) is 0 Å². The summed E-state index contributed by atoms with van der Waals surface area (Å²) in [6, 6.07) is 12.9. The number of hydrogen-bond donors (Lipinski definition) is 1. The summed E-state index contributed by atoms with van der Waals surface area (Å²) in [6.07, 6.45) is 5.37.